The summed E-state index contributed by atoms with van der Waals surface area (Å²) in [6, 6.07) is 19.7. The number of rotatable bonds is 11. The average molecular weight is 621 g/mol. The second-order valence-corrected chi connectivity index (χ2v) is 13.4. The van der Waals surface area contributed by atoms with Gasteiger partial charge in [-0.3, -0.25) is 13.9 Å². The first-order valence-electron chi connectivity index (χ1n) is 12.9. The molecule has 0 aliphatic heterocycles. The van der Waals surface area contributed by atoms with Crippen LogP contribution in [0.3, 0.4) is 0 Å². The minimum atomic E-state index is -3.88. The second-order valence-electron chi connectivity index (χ2n) is 10.7. The molecule has 0 aliphatic carbocycles. The van der Waals surface area contributed by atoms with Gasteiger partial charge in [0.15, 0.2) is 0 Å². The SMILES string of the molecule is COc1ccc(N(CC(=O)N(Cc2ccc(Cl)c(Cl)c2)[C@@H](Cc2ccccc2)C(=O)NC(C)(C)C)S(C)(=O)=O)cc1. The monoisotopic (exact) mass is 619 g/mol. The van der Waals surface area contributed by atoms with Gasteiger partial charge in [-0.1, -0.05) is 59.6 Å². The molecule has 0 aliphatic rings. The van der Waals surface area contributed by atoms with E-state index >= 15 is 0 Å². The van der Waals surface area contributed by atoms with Crippen molar-refractivity contribution in [2.75, 3.05) is 24.2 Å². The third kappa shape index (κ3) is 9.38. The number of hydrogen-bond donors (Lipinski definition) is 1. The van der Waals surface area contributed by atoms with Crippen LogP contribution in [0.15, 0.2) is 72.8 Å². The van der Waals surface area contributed by atoms with Crippen LogP contribution < -0.4 is 14.4 Å². The molecule has 3 aromatic carbocycles. The van der Waals surface area contributed by atoms with Gasteiger partial charge in [0.25, 0.3) is 0 Å². The van der Waals surface area contributed by atoms with E-state index in [4.69, 9.17) is 27.9 Å². The van der Waals surface area contributed by atoms with Crippen molar-refractivity contribution in [2.45, 2.75) is 45.3 Å². The van der Waals surface area contributed by atoms with Crippen LogP contribution in [0.4, 0.5) is 5.69 Å². The maximum Gasteiger partial charge on any atom is 0.244 e. The molecule has 0 heterocycles. The highest BCUT2D eigenvalue weighted by atomic mass is 35.5. The molecule has 0 saturated carbocycles. The van der Waals surface area contributed by atoms with Crippen molar-refractivity contribution in [2.24, 2.45) is 0 Å². The first kappa shape index (κ1) is 32.2. The molecule has 0 aromatic heterocycles. The zero-order chi connectivity index (χ0) is 30.4. The summed E-state index contributed by atoms with van der Waals surface area (Å²) in [4.78, 5) is 29.3. The number of sulfonamides is 1. The molecule has 3 aromatic rings. The van der Waals surface area contributed by atoms with Gasteiger partial charge < -0.3 is 15.0 Å². The summed E-state index contributed by atoms with van der Waals surface area (Å²) in [5, 5.41) is 3.63. The van der Waals surface area contributed by atoms with Gasteiger partial charge in [-0.2, -0.15) is 0 Å². The minimum absolute atomic E-state index is 0.00893. The number of halogens is 2. The highest BCUT2D eigenvalue weighted by molar-refractivity contribution is 7.92. The van der Waals surface area contributed by atoms with E-state index in [0.717, 1.165) is 16.1 Å². The summed E-state index contributed by atoms with van der Waals surface area (Å²) in [5.74, 6) is -0.399. The van der Waals surface area contributed by atoms with Crippen LogP contribution in [0.5, 0.6) is 5.75 Å². The Morgan fingerprint density at radius 3 is 2.10 bits per heavy atom. The lowest BCUT2D eigenvalue weighted by atomic mass is 10.0. The molecule has 1 atom stereocenters. The van der Waals surface area contributed by atoms with E-state index in [1.165, 1.54) is 12.0 Å². The Bertz CT molecular complexity index is 1460. The molecule has 3 rings (SSSR count). The van der Waals surface area contributed by atoms with E-state index in [9.17, 15) is 18.0 Å². The van der Waals surface area contributed by atoms with Crippen molar-refractivity contribution in [3.8, 4) is 5.75 Å². The number of nitrogens with one attached hydrogen (secondary N) is 1. The third-order valence-corrected chi connectivity index (χ3v) is 8.03. The van der Waals surface area contributed by atoms with E-state index in [0.29, 0.717) is 21.4 Å². The topological polar surface area (TPSA) is 96.0 Å². The van der Waals surface area contributed by atoms with Gasteiger partial charge >= 0.3 is 0 Å². The predicted molar refractivity (Wildman–Crippen MR) is 164 cm³/mol. The normalized spacial score (nSPS) is 12.4. The molecule has 220 valence electrons. The van der Waals surface area contributed by atoms with Crippen molar-refractivity contribution in [3.05, 3.63) is 94.0 Å². The maximum atomic E-state index is 14.1. The fraction of sp³-hybridized carbons (Fsp3) is 0.333. The van der Waals surface area contributed by atoms with Gasteiger partial charge in [0, 0.05) is 18.5 Å². The number of benzene rings is 3. The Morgan fingerprint density at radius 1 is 0.927 bits per heavy atom. The lowest BCUT2D eigenvalue weighted by molar-refractivity contribution is -0.140. The number of anilines is 1. The third-order valence-electron chi connectivity index (χ3n) is 6.15. The lowest BCUT2D eigenvalue weighted by Gasteiger charge is -2.35. The minimum Gasteiger partial charge on any atom is -0.497 e. The van der Waals surface area contributed by atoms with Crippen molar-refractivity contribution < 1.29 is 22.7 Å². The van der Waals surface area contributed by atoms with Crippen molar-refractivity contribution in [1.82, 2.24) is 10.2 Å². The van der Waals surface area contributed by atoms with Crippen LogP contribution in [0, 0.1) is 0 Å². The summed E-state index contributed by atoms with van der Waals surface area (Å²) >= 11 is 12.4. The van der Waals surface area contributed by atoms with Crippen LogP contribution in [0.2, 0.25) is 10.0 Å². The second kappa shape index (κ2) is 13.6. The van der Waals surface area contributed by atoms with E-state index < -0.39 is 34.1 Å². The van der Waals surface area contributed by atoms with E-state index in [2.05, 4.69) is 5.32 Å². The van der Waals surface area contributed by atoms with Gasteiger partial charge in [0.05, 0.1) is 29.1 Å². The molecule has 11 heteroatoms. The molecule has 0 bridgehead atoms. The molecule has 0 saturated heterocycles. The van der Waals surface area contributed by atoms with E-state index in [-0.39, 0.29) is 24.6 Å². The molecule has 0 radical (unpaired) electrons. The molecular weight excluding hydrogens is 585 g/mol. The van der Waals surface area contributed by atoms with Crippen molar-refractivity contribution >= 4 is 50.7 Å². The Labute approximate surface area is 252 Å². The number of hydrogen-bond acceptors (Lipinski definition) is 5. The fourth-order valence-corrected chi connectivity index (χ4v) is 5.37. The molecular formula is C30H35Cl2N3O5S. The summed E-state index contributed by atoms with van der Waals surface area (Å²) in [6.45, 7) is 5.02. The summed E-state index contributed by atoms with van der Waals surface area (Å²) in [5.41, 5.74) is 1.18. The summed E-state index contributed by atoms with van der Waals surface area (Å²) < 4.78 is 32.0. The summed E-state index contributed by atoms with van der Waals surface area (Å²) in [6.07, 6.45) is 1.23. The predicted octanol–water partition coefficient (Wildman–Crippen LogP) is 5.32. The standard InChI is InChI=1S/C30H35Cl2N3O5S/c1-30(2,3)33-29(37)27(18-21-9-7-6-8-10-21)34(19-22-11-16-25(31)26(32)17-22)28(36)20-35(41(5,38)39)23-12-14-24(40-4)15-13-23/h6-17,27H,18-20H2,1-5H3,(H,33,37)/t27-/m0/s1. The van der Waals surface area contributed by atoms with E-state index in [1.54, 1.807) is 42.5 Å². The molecule has 0 unspecified atom stereocenters. The van der Waals surface area contributed by atoms with Crippen LogP contribution in [0.25, 0.3) is 0 Å². The van der Waals surface area contributed by atoms with E-state index in [1.807, 2.05) is 51.1 Å². The Balaban J connectivity index is 2.08. The molecule has 0 fully saturated rings. The van der Waals surface area contributed by atoms with Crippen LogP contribution in [0.1, 0.15) is 31.9 Å². The first-order valence-corrected chi connectivity index (χ1v) is 15.5. The Kier molecular flexibility index (Phi) is 10.7. The van der Waals surface area contributed by atoms with Crippen molar-refractivity contribution in [1.29, 1.82) is 0 Å². The zero-order valence-corrected chi connectivity index (χ0v) is 26.1. The average Bonchev–Trinajstić information content (AvgIpc) is 2.90. The Morgan fingerprint density at radius 2 is 1.56 bits per heavy atom. The molecule has 2 amide bonds. The number of carbonyl (C=O) groups excluding carboxylic acids is 2. The number of amides is 2. The number of methoxy groups -OCH3 is 1. The summed E-state index contributed by atoms with van der Waals surface area (Å²) in [7, 11) is -2.38. The highest BCUT2D eigenvalue weighted by Gasteiger charge is 2.34. The zero-order valence-electron chi connectivity index (χ0n) is 23.7. The smallest absolute Gasteiger partial charge is 0.244 e. The Hall–Kier alpha value is -3.27. The maximum absolute atomic E-state index is 14.1. The van der Waals surface area contributed by atoms with Crippen molar-refractivity contribution in [3.63, 3.8) is 0 Å². The van der Waals surface area contributed by atoms with Crippen LogP contribution >= 0.6 is 23.2 Å². The highest BCUT2D eigenvalue weighted by Crippen LogP contribution is 2.26. The molecule has 8 nitrogen and oxygen atoms in total. The fourth-order valence-electron chi connectivity index (χ4n) is 4.20. The lowest BCUT2D eigenvalue weighted by Crippen LogP contribution is -2.56. The molecule has 41 heavy (non-hydrogen) atoms. The quantitative estimate of drug-likeness (QED) is 0.313. The van der Waals surface area contributed by atoms with Gasteiger partial charge in [-0.15, -0.1) is 0 Å². The number of carbonyl (C=O) groups is 2. The van der Waals surface area contributed by atoms with Gasteiger partial charge in [-0.05, 0) is 68.3 Å². The van der Waals surface area contributed by atoms with Gasteiger partial charge in [0.2, 0.25) is 21.8 Å². The first-order chi connectivity index (χ1) is 19.2. The van der Waals surface area contributed by atoms with Gasteiger partial charge in [0.1, 0.15) is 18.3 Å². The number of nitrogens with zero attached hydrogens (tertiary/aromatic N) is 2. The largest absolute Gasteiger partial charge is 0.497 e. The van der Waals surface area contributed by atoms with Crippen LogP contribution in [-0.2, 0) is 32.6 Å². The molecule has 1 N–H and O–H groups in total. The molecule has 0 spiro atoms. The van der Waals surface area contributed by atoms with Crippen LogP contribution in [-0.4, -0.2) is 56.6 Å². The number of ether oxygens (including phenoxy) is 1. The van der Waals surface area contributed by atoms with Gasteiger partial charge in [-0.25, -0.2) is 8.42 Å².